The molecule has 0 saturated carbocycles. The summed E-state index contributed by atoms with van der Waals surface area (Å²) in [5.74, 6) is 0.934. The molecule has 1 aromatic heterocycles. The van der Waals surface area contributed by atoms with E-state index in [4.69, 9.17) is 4.74 Å². The van der Waals surface area contributed by atoms with Crippen LogP contribution in [0.1, 0.15) is 39.8 Å². The molecule has 2 aromatic rings. The lowest BCUT2D eigenvalue weighted by Crippen LogP contribution is -2.17. The van der Waals surface area contributed by atoms with Gasteiger partial charge in [0.25, 0.3) is 0 Å². The third-order valence-electron chi connectivity index (χ3n) is 4.09. The Balaban J connectivity index is 2.02. The summed E-state index contributed by atoms with van der Waals surface area (Å²) in [6, 6.07) is 8.78. The lowest BCUT2D eigenvalue weighted by atomic mass is 9.97. The zero-order chi connectivity index (χ0) is 14.8. The van der Waals surface area contributed by atoms with E-state index in [1.165, 1.54) is 36.1 Å². The van der Waals surface area contributed by atoms with Gasteiger partial charge in [0, 0.05) is 19.8 Å². The molecule has 1 aliphatic carbocycles. The summed E-state index contributed by atoms with van der Waals surface area (Å²) in [6.07, 6.45) is 5.13. The molecule has 0 aliphatic heterocycles. The highest BCUT2D eigenvalue weighted by Gasteiger charge is 2.22. The van der Waals surface area contributed by atoms with Crippen molar-refractivity contribution in [2.45, 2.75) is 31.7 Å². The molecule has 3 rings (SSSR count). The summed E-state index contributed by atoms with van der Waals surface area (Å²) in [5.41, 5.74) is 2.74. The van der Waals surface area contributed by atoms with Crippen molar-refractivity contribution < 1.29 is 4.74 Å². The Morgan fingerprint density at radius 2 is 2.05 bits per heavy atom. The first-order valence-electron chi connectivity index (χ1n) is 7.35. The van der Waals surface area contributed by atoms with Crippen LogP contribution >= 0.6 is 27.3 Å². The first kappa shape index (κ1) is 15.1. The molecule has 112 valence electrons. The van der Waals surface area contributed by atoms with Crippen molar-refractivity contribution >= 4 is 27.3 Å². The molecule has 1 heterocycles. The Morgan fingerprint density at radius 3 is 2.76 bits per heavy atom. The van der Waals surface area contributed by atoms with Crippen molar-refractivity contribution in [3.8, 4) is 5.75 Å². The molecule has 1 aromatic carbocycles. The van der Waals surface area contributed by atoms with Crippen LogP contribution in [0.15, 0.2) is 28.7 Å². The van der Waals surface area contributed by atoms with Crippen molar-refractivity contribution in [1.29, 1.82) is 0 Å². The normalized spacial score (nSPS) is 15.6. The second-order valence-electron chi connectivity index (χ2n) is 5.41. The molecular weight excluding hydrogens is 346 g/mol. The Morgan fingerprint density at radius 1 is 1.24 bits per heavy atom. The van der Waals surface area contributed by atoms with Gasteiger partial charge in [-0.3, -0.25) is 0 Å². The summed E-state index contributed by atoms with van der Waals surface area (Å²) in [5, 5.41) is 3.46. The maximum atomic E-state index is 5.55. The van der Waals surface area contributed by atoms with Crippen LogP contribution in [0.3, 0.4) is 0 Å². The van der Waals surface area contributed by atoms with Crippen molar-refractivity contribution in [3.63, 3.8) is 0 Å². The molecular formula is C17H20BrNOS. The summed E-state index contributed by atoms with van der Waals surface area (Å²) in [7, 11) is 3.75. The fourth-order valence-corrected chi connectivity index (χ4v) is 4.80. The molecule has 1 atom stereocenters. The van der Waals surface area contributed by atoms with Gasteiger partial charge in [0.2, 0.25) is 0 Å². The molecule has 0 saturated heterocycles. The number of halogens is 1. The summed E-state index contributed by atoms with van der Waals surface area (Å²) in [6.45, 7) is 0. The van der Waals surface area contributed by atoms with E-state index in [-0.39, 0.29) is 6.04 Å². The van der Waals surface area contributed by atoms with Crippen LogP contribution < -0.4 is 10.1 Å². The number of fused-ring (bicyclic) bond motifs is 1. The minimum Gasteiger partial charge on any atom is -0.496 e. The van der Waals surface area contributed by atoms with Gasteiger partial charge >= 0.3 is 0 Å². The van der Waals surface area contributed by atoms with Crippen molar-refractivity contribution in [3.05, 3.63) is 49.6 Å². The predicted octanol–water partition coefficient (Wildman–Crippen LogP) is 4.71. The number of aryl methyl sites for hydroxylation is 2. The summed E-state index contributed by atoms with van der Waals surface area (Å²) < 4.78 is 6.63. The second kappa shape index (κ2) is 6.51. The number of hydrogen-bond acceptors (Lipinski definition) is 3. The highest BCUT2D eigenvalue weighted by atomic mass is 79.9. The number of methoxy groups -OCH3 is 1. The molecule has 1 N–H and O–H groups in total. The number of hydrogen-bond donors (Lipinski definition) is 1. The molecule has 2 nitrogen and oxygen atoms in total. The van der Waals surface area contributed by atoms with Crippen LogP contribution in [0.2, 0.25) is 0 Å². The second-order valence-corrected chi connectivity index (χ2v) is 7.50. The summed E-state index contributed by atoms with van der Waals surface area (Å²) in [4.78, 5) is 2.96. The number of nitrogens with one attached hydrogen (secondary N) is 1. The van der Waals surface area contributed by atoms with Gasteiger partial charge in [0.15, 0.2) is 0 Å². The van der Waals surface area contributed by atoms with Crippen LogP contribution in [-0.2, 0) is 12.8 Å². The molecule has 21 heavy (non-hydrogen) atoms. The fourth-order valence-electron chi connectivity index (χ4n) is 3.04. The number of thiophene rings is 1. The Hall–Kier alpha value is -0.840. The van der Waals surface area contributed by atoms with Crippen molar-refractivity contribution in [2.24, 2.45) is 0 Å². The molecule has 1 aliphatic rings. The fraction of sp³-hybridized carbons (Fsp3) is 0.412. The predicted molar refractivity (Wildman–Crippen MR) is 92.6 cm³/mol. The van der Waals surface area contributed by atoms with E-state index >= 15 is 0 Å². The molecule has 0 spiro atoms. The van der Waals surface area contributed by atoms with Crippen molar-refractivity contribution in [2.75, 3.05) is 14.2 Å². The SMILES string of the molecule is CNC(c1cc2c(s1)CCCC2)c1cc(Br)ccc1OC. The Labute approximate surface area is 138 Å². The topological polar surface area (TPSA) is 21.3 Å². The number of rotatable bonds is 4. The Bertz CT molecular complexity index is 614. The van der Waals surface area contributed by atoms with E-state index in [1.807, 2.05) is 30.5 Å². The monoisotopic (exact) mass is 365 g/mol. The highest BCUT2D eigenvalue weighted by Crippen LogP contribution is 2.38. The minimum atomic E-state index is 0.188. The van der Waals surface area contributed by atoms with E-state index in [2.05, 4.69) is 33.4 Å². The van der Waals surface area contributed by atoms with Crippen LogP contribution in [0, 0.1) is 0 Å². The molecule has 0 bridgehead atoms. The zero-order valence-corrected chi connectivity index (χ0v) is 14.8. The first-order chi connectivity index (χ1) is 10.2. The molecule has 1 unspecified atom stereocenters. The lowest BCUT2D eigenvalue weighted by molar-refractivity contribution is 0.405. The van der Waals surface area contributed by atoms with E-state index in [0.29, 0.717) is 0 Å². The first-order valence-corrected chi connectivity index (χ1v) is 8.96. The van der Waals surface area contributed by atoms with E-state index in [0.717, 1.165) is 10.2 Å². The van der Waals surface area contributed by atoms with Gasteiger partial charge in [0.05, 0.1) is 13.2 Å². The smallest absolute Gasteiger partial charge is 0.124 e. The van der Waals surface area contributed by atoms with E-state index < -0.39 is 0 Å². The van der Waals surface area contributed by atoms with E-state index in [1.54, 1.807) is 17.6 Å². The summed E-state index contributed by atoms with van der Waals surface area (Å²) >= 11 is 5.53. The highest BCUT2D eigenvalue weighted by molar-refractivity contribution is 9.10. The maximum Gasteiger partial charge on any atom is 0.124 e. The van der Waals surface area contributed by atoms with Gasteiger partial charge in [-0.05, 0) is 62.6 Å². The standard InChI is InChI=1S/C17H20BrNOS/c1-19-17(13-10-12(18)7-8-14(13)20-2)16-9-11-5-3-4-6-15(11)21-16/h7-10,17,19H,3-6H2,1-2H3. The zero-order valence-electron chi connectivity index (χ0n) is 12.4. The third kappa shape index (κ3) is 3.03. The maximum absolute atomic E-state index is 5.55. The molecule has 0 amide bonds. The Kier molecular flexibility index (Phi) is 4.67. The average molecular weight is 366 g/mol. The van der Waals surface area contributed by atoms with Crippen molar-refractivity contribution in [1.82, 2.24) is 5.32 Å². The quantitative estimate of drug-likeness (QED) is 0.846. The van der Waals surface area contributed by atoms with Gasteiger partial charge in [-0.2, -0.15) is 0 Å². The van der Waals surface area contributed by atoms with Gasteiger partial charge in [-0.15, -0.1) is 11.3 Å². The van der Waals surface area contributed by atoms with Crippen LogP contribution in [0.4, 0.5) is 0 Å². The van der Waals surface area contributed by atoms with Crippen LogP contribution in [-0.4, -0.2) is 14.2 Å². The molecule has 0 radical (unpaired) electrons. The van der Waals surface area contributed by atoms with Gasteiger partial charge in [-0.25, -0.2) is 0 Å². The van der Waals surface area contributed by atoms with Crippen LogP contribution in [0.25, 0.3) is 0 Å². The minimum absolute atomic E-state index is 0.188. The lowest BCUT2D eigenvalue weighted by Gasteiger charge is -2.18. The van der Waals surface area contributed by atoms with Gasteiger partial charge in [0.1, 0.15) is 5.75 Å². The largest absolute Gasteiger partial charge is 0.496 e. The third-order valence-corrected chi connectivity index (χ3v) is 5.89. The van der Waals surface area contributed by atoms with E-state index in [9.17, 15) is 0 Å². The number of ether oxygens (including phenoxy) is 1. The van der Waals surface area contributed by atoms with Crippen LogP contribution in [0.5, 0.6) is 5.75 Å². The average Bonchev–Trinajstić information content (AvgIpc) is 2.92. The number of benzene rings is 1. The molecule has 4 heteroatoms. The molecule has 0 fully saturated rings. The van der Waals surface area contributed by atoms with Gasteiger partial charge in [-0.1, -0.05) is 15.9 Å². The van der Waals surface area contributed by atoms with Gasteiger partial charge < -0.3 is 10.1 Å².